The molecule has 0 radical (unpaired) electrons. The molecule has 2 aliphatic heterocycles. The van der Waals surface area contributed by atoms with E-state index in [9.17, 15) is 5.26 Å². The normalized spacial score (nSPS) is 22.0. The van der Waals surface area contributed by atoms with Gasteiger partial charge in [-0.15, -0.1) is 0 Å². The van der Waals surface area contributed by atoms with Crippen molar-refractivity contribution in [3.8, 4) is 6.07 Å². The molecule has 0 bridgehead atoms. The Morgan fingerprint density at radius 3 is 1.91 bits per heavy atom. The van der Waals surface area contributed by atoms with Crippen LogP contribution in [0.15, 0.2) is 65.0 Å². The highest BCUT2D eigenvalue weighted by Gasteiger charge is 2.31. The lowest BCUT2D eigenvalue weighted by Crippen LogP contribution is -2.17. The smallest absolute Gasteiger partial charge is 0.233 e. The average Bonchev–Trinajstić information content (AvgIpc) is 3.44. The fourth-order valence-corrected chi connectivity index (χ4v) is 4.03. The van der Waals surface area contributed by atoms with E-state index in [0.717, 1.165) is 11.1 Å². The van der Waals surface area contributed by atoms with Gasteiger partial charge < -0.3 is 14.8 Å². The minimum atomic E-state index is -0.125. The molecule has 2 heterocycles. The molecular formula is C28H33N3O2. The Bertz CT molecular complexity index is 1110. The Balaban J connectivity index is 1.50. The van der Waals surface area contributed by atoms with Crippen LogP contribution >= 0.6 is 0 Å². The summed E-state index contributed by atoms with van der Waals surface area (Å²) in [5, 5.41) is 13.2. The molecule has 0 saturated carbocycles. The van der Waals surface area contributed by atoms with E-state index in [1.807, 2.05) is 0 Å². The second-order valence-corrected chi connectivity index (χ2v) is 10.8. The van der Waals surface area contributed by atoms with Gasteiger partial charge in [-0.1, -0.05) is 90.1 Å². The largest absolute Gasteiger partial charge is 0.476 e. The first-order chi connectivity index (χ1) is 15.6. The molecule has 1 unspecified atom stereocenters. The van der Waals surface area contributed by atoms with Crippen molar-refractivity contribution in [2.75, 3.05) is 13.2 Å². The van der Waals surface area contributed by atoms with Gasteiger partial charge in [-0.05, 0) is 33.1 Å². The number of nitriles is 1. The molecule has 2 aromatic carbocycles. The molecule has 5 nitrogen and oxygen atoms in total. The predicted octanol–water partition coefficient (Wildman–Crippen LogP) is 5.85. The first-order valence-electron chi connectivity index (χ1n) is 11.5. The van der Waals surface area contributed by atoms with Crippen molar-refractivity contribution in [1.82, 2.24) is 5.32 Å². The van der Waals surface area contributed by atoms with E-state index >= 15 is 0 Å². The van der Waals surface area contributed by atoms with Crippen LogP contribution in [0.3, 0.4) is 0 Å². The number of hydrogen-bond acceptors (Lipinski definition) is 5. The Morgan fingerprint density at radius 1 is 0.848 bits per heavy atom. The highest BCUT2D eigenvalue weighted by molar-refractivity contribution is 5.98. The second kappa shape index (κ2) is 8.59. The van der Waals surface area contributed by atoms with Crippen LogP contribution in [0.5, 0.6) is 0 Å². The van der Waals surface area contributed by atoms with Crippen LogP contribution in [0.2, 0.25) is 0 Å². The molecule has 1 saturated heterocycles. The summed E-state index contributed by atoms with van der Waals surface area (Å²) in [7, 11) is 0. The number of benzene rings is 2. The van der Waals surface area contributed by atoms with Gasteiger partial charge in [0.05, 0.1) is 6.04 Å². The number of aliphatic imine (C=N–C) groups is 1. The number of nitrogens with zero attached hydrogens (tertiary/aromatic N) is 2. The third-order valence-corrected chi connectivity index (χ3v) is 6.24. The maximum Gasteiger partial charge on any atom is 0.233 e. The number of nitrogens with one attached hydrogen (secondary N) is 1. The molecule has 0 amide bonds. The van der Waals surface area contributed by atoms with Crippen molar-refractivity contribution in [3.63, 3.8) is 0 Å². The van der Waals surface area contributed by atoms with Crippen LogP contribution in [-0.4, -0.2) is 19.1 Å². The molecular weight excluding hydrogens is 410 g/mol. The summed E-state index contributed by atoms with van der Waals surface area (Å²) in [6.07, 6.45) is 0. The SMILES string of the molecule is CC(C)(C)c1ccc(C2COC(/C(C#N)=C3\N[C@@H](c4ccc(C(C)(C)C)cc4)CO3)=N2)cc1. The van der Waals surface area contributed by atoms with Crippen molar-refractivity contribution in [3.05, 3.63) is 82.2 Å². The lowest BCUT2D eigenvalue weighted by molar-refractivity contribution is 0.251. The van der Waals surface area contributed by atoms with Crippen LogP contribution in [0.4, 0.5) is 0 Å². The minimum Gasteiger partial charge on any atom is -0.476 e. The van der Waals surface area contributed by atoms with Gasteiger partial charge in [0.1, 0.15) is 25.3 Å². The van der Waals surface area contributed by atoms with Gasteiger partial charge in [-0.3, -0.25) is 0 Å². The summed E-state index contributed by atoms with van der Waals surface area (Å²) in [5.41, 5.74) is 5.30. The topological polar surface area (TPSA) is 66.6 Å². The zero-order chi connectivity index (χ0) is 23.8. The molecule has 4 rings (SSSR count). The summed E-state index contributed by atoms with van der Waals surface area (Å²) in [6.45, 7) is 14.1. The third kappa shape index (κ3) is 4.90. The summed E-state index contributed by atoms with van der Waals surface area (Å²) in [6, 6.07) is 19.1. The molecule has 2 aromatic rings. The first kappa shape index (κ1) is 22.9. The zero-order valence-corrected chi connectivity index (χ0v) is 20.4. The second-order valence-electron chi connectivity index (χ2n) is 10.8. The number of ether oxygens (including phenoxy) is 2. The Labute approximate surface area is 197 Å². The quantitative estimate of drug-likeness (QED) is 0.605. The van der Waals surface area contributed by atoms with Crippen molar-refractivity contribution in [2.45, 2.75) is 64.5 Å². The monoisotopic (exact) mass is 443 g/mol. The van der Waals surface area contributed by atoms with Crippen LogP contribution < -0.4 is 5.32 Å². The maximum absolute atomic E-state index is 9.82. The molecule has 0 aromatic heterocycles. The Hall–Kier alpha value is -3.26. The molecule has 2 atom stereocenters. The van der Waals surface area contributed by atoms with Gasteiger partial charge in [0.25, 0.3) is 0 Å². The van der Waals surface area contributed by atoms with E-state index in [2.05, 4.69) is 101 Å². The van der Waals surface area contributed by atoms with Gasteiger partial charge in [0, 0.05) is 0 Å². The fourth-order valence-electron chi connectivity index (χ4n) is 4.03. The predicted molar refractivity (Wildman–Crippen MR) is 131 cm³/mol. The summed E-state index contributed by atoms with van der Waals surface area (Å²) in [5.74, 6) is 0.776. The van der Waals surface area contributed by atoms with Crippen molar-refractivity contribution < 1.29 is 9.47 Å². The van der Waals surface area contributed by atoms with Crippen molar-refractivity contribution in [2.24, 2.45) is 4.99 Å². The van der Waals surface area contributed by atoms with Crippen LogP contribution in [0.1, 0.15) is 75.9 Å². The molecule has 172 valence electrons. The lowest BCUT2D eigenvalue weighted by atomic mass is 9.86. The number of rotatable bonds is 3. The van der Waals surface area contributed by atoms with Gasteiger partial charge in [0.2, 0.25) is 11.8 Å². The highest BCUT2D eigenvalue weighted by Crippen LogP contribution is 2.31. The van der Waals surface area contributed by atoms with E-state index in [1.54, 1.807) is 0 Å². The minimum absolute atomic E-state index is 0.0138. The average molecular weight is 444 g/mol. The number of hydrogen-bond donors (Lipinski definition) is 1. The van der Waals surface area contributed by atoms with E-state index < -0.39 is 0 Å². The van der Waals surface area contributed by atoms with Gasteiger partial charge in [-0.2, -0.15) is 5.26 Å². The van der Waals surface area contributed by atoms with Gasteiger partial charge >= 0.3 is 0 Å². The third-order valence-electron chi connectivity index (χ3n) is 6.24. The Kier molecular flexibility index (Phi) is 5.97. The zero-order valence-electron chi connectivity index (χ0n) is 20.4. The first-order valence-corrected chi connectivity index (χ1v) is 11.5. The summed E-state index contributed by atoms with van der Waals surface area (Å²) >= 11 is 0. The lowest BCUT2D eigenvalue weighted by Gasteiger charge is -2.19. The molecule has 5 heteroatoms. The van der Waals surface area contributed by atoms with Crippen LogP contribution in [0.25, 0.3) is 0 Å². The van der Waals surface area contributed by atoms with E-state index in [1.165, 1.54) is 11.1 Å². The molecule has 0 spiro atoms. The van der Waals surface area contributed by atoms with Gasteiger partial charge in [0.15, 0.2) is 5.57 Å². The Morgan fingerprint density at radius 2 is 1.39 bits per heavy atom. The highest BCUT2D eigenvalue weighted by atomic mass is 16.5. The maximum atomic E-state index is 9.82. The van der Waals surface area contributed by atoms with Crippen LogP contribution in [-0.2, 0) is 20.3 Å². The molecule has 1 N–H and O–H groups in total. The van der Waals surface area contributed by atoms with E-state index in [-0.39, 0.29) is 22.9 Å². The van der Waals surface area contributed by atoms with Crippen molar-refractivity contribution in [1.29, 1.82) is 5.26 Å². The molecule has 0 aliphatic carbocycles. The summed E-state index contributed by atoms with van der Waals surface area (Å²) in [4.78, 5) is 4.70. The van der Waals surface area contributed by atoms with Gasteiger partial charge in [-0.25, -0.2) is 4.99 Å². The molecule has 2 aliphatic rings. The molecule has 33 heavy (non-hydrogen) atoms. The summed E-state index contributed by atoms with van der Waals surface area (Å²) < 4.78 is 11.7. The van der Waals surface area contributed by atoms with Crippen LogP contribution in [0, 0.1) is 11.3 Å². The fraction of sp³-hybridized carbons (Fsp3) is 0.429. The van der Waals surface area contributed by atoms with Crippen molar-refractivity contribution >= 4 is 5.90 Å². The van der Waals surface area contributed by atoms with E-state index in [0.29, 0.717) is 30.6 Å². The standard InChI is InChI=1S/C28H33N3O2/c1-27(2,3)20-11-7-18(8-12-20)23-16-32-25(30-23)22(15-29)26-31-24(17-33-26)19-9-13-21(14-10-19)28(4,5)6/h7-14,23-24,30H,16-17H2,1-6H3/b25-22+/t23-,24?/m1/s1. The van der Waals surface area contributed by atoms with E-state index in [4.69, 9.17) is 14.5 Å². The molecule has 1 fully saturated rings.